The van der Waals surface area contributed by atoms with Gasteiger partial charge in [0.05, 0.1) is 6.61 Å². The van der Waals surface area contributed by atoms with Crippen molar-refractivity contribution in [1.82, 2.24) is 5.32 Å². The molecule has 0 spiro atoms. The molecule has 0 aromatic rings. The third-order valence-electron chi connectivity index (χ3n) is 2.78. The molecule has 1 aliphatic rings. The Morgan fingerprint density at radius 1 is 1.50 bits per heavy atom. The van der Waals surface area contributed by atoms with E-state index in [9.17, 15) is 0 Å². The molecule has 0 amide bonds. The summed E-state index contributed by atoms with van der Waals surface area (Å²) >= 11 is 2.11. The molecule has 0 radical (unpaired) electrons. The molecule has 2 atom stereocenters. The summed E-state index contributed by atoms with van der Waals surface area (Å²) in [4.78, 5) is 0. The van der Waals surface area contributed by atoms with Crippen LogP contribution in [0.1, 0.15) is 26.7 Å². The molecule has 84 valence electrons. The maximum atomic E-state index is 5.21. The molecule has 2 nitrogen and oxygen atoms in total. The smallest absolute Gasteiger partial charge is 0.0618 e. The molecule has 1 saturated heterocycles. The van der Waals surface area contributed by atoms with Crippen LogP contribution >= 0.6 is 11.8 Å². The fraction of sp³-hybridized carbons (Fsp3) is 1.00. The van der Waals surface area contributed by atoms with Crippen LogP contribution in [0.15, 0.2) is 0 Å². The molecule has 2 unspecified atom stereocenters. The van der Waals surface area contributed by atoms with Crippen LogP contribution in [0.2, 0.25) is 0 Å². The van der Waals surface area contributed by atoms with Crippen molar-refractivity contribution in [3.63, 3.8) is 0 Å². The highest BCUT2D eigenvalue weighted by molar-refractivity contribution is 8.00. The van der Waals surface area contributed by atoms with Crippen LogP contribution in [0.4, 0.5) is 0 Å². The molecule has 1 N–H and O–H groups in total. The van der Waals surface area contributed by atoms with Crippen molar-refractivity contribution in [1.29, 1.82) is 0 Å². The van der Waals surface area contributed by atoms with Gasteiger partial charge in [0.2, 0.25) is 0 Å². The number of hydrogen-bond acceptors (Lipinski definition) is 3. The summed E-state index contributed by atoms with van der Waals surface area (Å²) in [7, 11) is 1.78. The Morgan fingerprint density at radius 2 is 2.29 bits per heavy atom. The van der Waals surface area contributed by atoms with E-state index in [-0.39, 0.29) is 0 Å². The first kappa shape index (κ1) is 12.3. The topological polar surface area (TPSA) is 21.3 Å². The van der Waals surface area contributed by atoms with Crippen molar-refractivity contribution in [3.05, 3.63) is 0 Å². The van der Waals surface area contributed by atoms with Crippen molar-refractivity contribution in [2.75, 3.05) is 26.0 Å². The average molecular weight is 217 g/mol. The molecule has 0 aromatic heterocycles. The Labute approximate surface area is 92.2 Å². The normalized spacial score (nSPS) is 24.4. The van der Waals surface area contributed by atoms with E-state index >= 15 is 0 Å². The van der Waals surface area contributed by atoms with Gasteiger partial charge in [0.15, 0.2) is 0 Å². The van der Waals surface area contributed by atoms with Crippen LogP contribution in [-0.2, 0) is 4.74 Å². The summed E-state index contributed by atoms with van der Waals surface area (Å²) in [5, 5.41) is 4.46. The summed E-state index contributed by atoms with van der Waals surface area (Å²) in [5.74, 6) is 2.00. The Kier molecular flexibility index (Phi) is 5.90. The highest BCUT2D eigenvalue weighted by Crippen LogP contribution is 2.25. The minimum Gasteiger partial charge on any atom is -0.383 e. The summed E-state index contributed by atoms with van der Waals surface area (Å²) in [5.41, 5.74) is 0. The lowest BCUT2D eigenvalue weighted by Crippen LogP contribution is -2.40. The molecule has 1 rings (SSSR count). The Morgan fingerprint density at radius 3 is 2.79 bits per heavy atom. The maximum Gasteiger partial charge on any atom is 0.0618 e. The van der Waals surface area contributed by atoms with Crippen LogP contribution < -0.4 is 5.32 Å². The van der Waals surface area contributed by atoms with Gasteiger partial charge in [0, 0.05) is 24.9 Å². The number of nitrogens with one attached hydrogen (secondary N) is 1. The minimum atomic E-state index is 0.515. The Balaban J connectivity index is 2.17. The zero-order valence-corrected chi connectivity index (χ0v) is 10.4. The van der Waals surface area contributed by atoms with E-state index in [1.54, 1.807) is 7.11 Å². The predicted octanol–water partition coefficient (Wildman–Crippen LogP) is 2.14. The lowest BCUT2D eigenvalue weighted by Gasteiger charge is -2.23. The van der Waals surface area contributed by atoms with Crippen molar-refractivity contribution in [2.45, 2.75) is 38.0 Å². The number of thioether (sulfide) groups is 1. The quantitative estimate of drug-likeness (QED) is 0.736. The zero-order valence-electron chi connectivity index (χ0n) is 9.58. The second-order valence-electron chi connectivity index (χ2n) is 4.35. The van der Waals surface area contributed by atoms with Crippen molar-refractivity contribution >= 4 is 11.8 Å². The van der Waals surface area contributed by atoms with E-state index in [2.05, 4.69) is 30.9 Å². The van der Waals surface area contributed by atoms with Gasteiger partial charge in [-0.25, -0.2) is 0 Å². The van der Waals surface area contributed by atoms with E-state index in [0.29, 0.717) is 12.0 Å². The molecular weight excluding hydrogens is 194 g/mol. The fourth-order valence-corrected chi connectivity index (χ4v) is 2.97. The van der Waals surface area contributed by atoms with Crippen molar-refractivity contribution in [2.24, 2.45) is 5.92 Å². The van der Waals surface area contributed by atoms with E-state index in [1.807, 2.05) is 0 Å². The van der Waals surface area contributed by atoms with Crippen LogP contribution in [0.25, 0.3) is 0 Å². The van der Waals surface area contributed by atoms with E-state index < -0.39 is 0 Å². The second kappa shape index (κ2) is 6.70. The Bertz CT molecular complexity index is 146. The molecule has 1 heterocycles. The van der Waals surface area contributed by atoms with Gasteiger partial charge in [-0.2, -0.15) is 11.8 Å². The first-order valence-corrected chi connectivity index (χ1v) is 6.63. The summed E-state index contributed by atoms with van der Waals surface area (Å²) in [6.07, 6.45) is 2.78. The van der Waals surface area contributed by atoms with Gasteiger partial charge < -0.3 is 10.1 Å². The highest BCUT2D eigenvalue weighted by Gasteiger charge is 2.18. The standard InChI is InChI=1S/C11H23NOS/c1-9(2)11(8-13-3)12-7-10-5-4-6-14-10/h9-12H,4-8H2,1-3H3. The molecule has 1 aliphatic heterocycles. The van der Waals surface area contributed by atoms with E-state index in [4.69, 9.17) is 4.74 Å². The highest BCUT2D eigenvalue weighted by atomic mass is 32.2. The molecule has 3 heteroatoms. The molecular formula is C11H23NOS. The summed E-state index contributed by atoms with van der Waals surface area (Å²) < 4.78 is 5.21. The second-order valence-corrected chi connectivity index (χ2v) is 5.76. The van der Waals surface area contributed by atoms with Gasteiger partial charge in [-0.05, 0) is 24.5 Å². The van der Waals surface area contributed by atoms with Gasteiger partial charge in [-0.1, -0.05) is 13.8 Å². The van der Waals surface area contributed by atoms with Gasteiger partial charge >= 0.3 is 0 Å². The lowest BCUT2D eigenvalue weighted by atomic mass is 10.1. The van der Waals surface area contributed by atoms with E-state index in [0.717, 1.165) is 18.4 Å². The fourth-order valence-electron chi connectivity index (χ4n) is 1.75. The van der Waals surface area contributed by atoms with Gasteiger partial charge in [-0.15, -0.1) is 0 Å². The van der Waals surface area contributed by atoms with Gasteiger partial charge in [0.25, 0.3) is 0 Å². The lowest BCUT2D eigenvalue weighted by molar-refractivity contribution is 0.147. The minimum absolute atomic E-state index is 0.515. The number of hydrogen-bond donors (Lipinski definition) is 1. The molecule has 0 bridgehead atoms. The molecule has 14 heavy (non-hydrogen) atoms. The van der Waals surface area contributed by atoms with Crippen LogP contribution in [0.3, 0.4) is 0 Å². The summed E-state index contributed by atoms with van der Waals surface area (Å²) in [6, 6.07) is 0.515. The third-order valence-corrected chi connectivity index (χ3v) is 4.18. The maximum absolute atomic E-state index is 5.21. The number of ether oxygens (including phenoxy) is 1. The van der Waals surface area contributed by atoms with Crippen LogP contribution in [0, 0.1) is 5.92 Å². The zero-order chi connectivity index (χ0) is 10.4. The van der Waals surface area contributed by atoms with Crippen molar-refractivity contribution in [3.8, 4) is 0 Å². The van der Waals surface area contributed by atoms with Crippen LogP contribution in [0.5, 0.6) is 0 Å². The number of rotatable bonds is 6. The first-order valence-electron chi connectivity index (χ1n) is 5.58. The van der Waals surface area contributed by atoms with Gasteiger partial charge in [0.1, 0.15) is 0 Å². The Hall–Kier alpha value is 0.270. The van der Waals surface area contributed by atoms with Crippen molar-refractivity contribution < 1.29 is 4.74 Å². The summed E-state index contributed by atoms with van der Waals surface area (Å²) in [6.45, 7) is 6.48. The molecule has 1 fully saturated rings. The average Bonchev–Trinajstić information content (AvgIpc) is 2.64. The van der Waals surface area contributed by atoms with E-state index in [1.165, 1.54) is 18.6 Å². The molecule has 0 saturated carbocycles. The largest absolute Gasteiger partial charge is 0.383 e. The molecule has 0 aliphatic carbocycles. The molecule has 0 aromatic carbocycles. The first-order chi connectivity index (χ1) is 6.74. The number of methoxy groups -OCH3 is 1. The monoisotopic (exact) mass is 217 g/mol. The SMILES string of the molecule is COCC(NCC1CCCS1)C(C)C. The van der Waals surface area contributed by atoms with Crippen LogP contribution in [-0.4, -0.2) is 37.3 Å². The predicted molar refractivity (Wildman–Crippen MR) is 64.0 cm³/mol. The van der Waals surface area contributed by atoms with Gasteiger partial charge in [-0.3, -0.25) is 0 Å². The third kappa shape index (κ3) is 4.20.